The Kier molecular flexibility index (Phi) is 6.15. The summed E-state index contributed by atoms with van der Waals surface area (Å²) in [4.78, 5) is 15.1. The fourth-order valence-corrected chi connectivity index (χ4v) is 5.68. The second kappa shape index (κ2) is 9.24. The summed E-state index contributed by atoms with van der Waals surface area (Å²) in [6.45, 7) is 2.15. The Bertz CT molecular complexity index is 1160. The molecule has 6 nitrogen and oxygen atoms in total. The zero-order valence-corrected chi connectivity index (χ0v) is 19.4. The number of furan rings is 1. The summed E-state index contributed by atoms with van der Waals surface area (Å²) in [5, 5.41) is 3.15. The van der Waals surface area contributed by atoms with E-state index in [9.17, 15) is 9.18 Å². The number of likely N-dealkylation sites (tertiary alicyclic amines) is 1. The molecular formula is C27H29FN2O4. The molecule has 0 radical (unpaired) electrons. The van der Waals surface area contributed by atoms with Gasteiger partial charge in [0.2, 0.25) is 0 Å². The number of piperidine rings is 1. The van der Waals surface area contributed by atoms with E-state index in [1.807, 2.05) is 12.1 Å². The number of ether oxygens (including phenoxy) is 2. The van der Waals surface area contributed by atoms with Crippen LogP contribution >= 0.6 is 0 Å². The maximum atomic E-state index is 14.5. The van der Waals surface area contributed by atoms with Crippen LogP contribution in [0.1, 0.15) is 46.1 Å². The zero-order valence-electron chi connectivity index (χ0n) is 19.4. The van der Waals surface area contributed by atoms with Crippen molar-refractivity contribution in [2.45, 2.75) is 36.9 Å². The maximum Gasteiger partial charge on any atom is 0.287 e. The third-order valence-electron chi connectivity index (χ3n) is 7.37. The SMILES string of the molecule is COc1ccc(CN2CCC3(CC2)c2ccccc2[C@H](NC(=O)c2ccco2)[C@H]3OC)c(F)c1. The van der Waals surface area contributed by atoms with Gasteiger partial charge in [-0.25, -0.2) is 4.39 Å². The molecule has 3 aromatic rings. The van der Waals surface area contributed by atoms with Crippen molar-refractivity contribution in [2.24, 2.45) is 0 Å². The molecule has 0 saturated carbocycles. The predicted octanol–water partition coefficient (Wildman–Crippen LogP) is 4.46. The molecule has 1 N–H and O–H groups in total. The normalized spacial score (nSPS) is 21.4. The average molecular weight is 465 g/mol. The Morgan fingerprint density at radius 1 is 1.15 bits per heavy atom. The van der Waals surface area contributed by atoms with Crippen LogP contribution < -0.4 is 10.1 Å². The van der Waals surface area contributed by atoms with Gasteiger partial charge in [0.15, 0.2) is 5.76 Å². The number of halogens is 1. The first-order chi connectivity index (χ1) is 16.6. The van der Waals surface area contributed by atoms with Crippen molar-refractivity contribution >= 4 is 5.91 Å². The molecule has 0 bridgehead atoms. The molecule has 2 aliphatic rings. The number of rotatable bonds is 6. The Morgan fingerprint density at radius 2 is 1.94 bits per heavy atom. The standard InChI is InChI=1S/C27H29FN2O4/c1-32-19-10-9-18(22(28)16-19)17-30-13-11-27(12-14-30)21-7-4-3-6-20(21)24(25(27)33-2)29-26(31)23-8-5-15-34-23/h3-10,15-16,24-25H,11-14,17H2,1-2H3,(H,29,31)/t24-,25+/m0/s1. The van der Waals surface area contributed by atoms with E-state index in [0.29, 0.717) is 17.9 Å². The van der Waals surface area contributed by atoms with Gasteiger partial charge in [0, 0.05) is 30.7 Å². The second-order valence-electron chi connectivity index (χ2n) is 9.06. The molecule has 1 saturated heterocycles. The minimum atomic E-state index is -0.274. The van der Waals surface area contributed by atoms with Crippen molar-refractivity contribution in [3.05, 3.63) is 89.1 Å². The van der Waals surface area contributed by atoms with Crippen LogP contribution in [0, 0.1) is 5.82 Å². The van der Waals surface area contributed by atoms with Crippen molar-refractivity contribution in [3.63, 3.8) is 0 Å². The van der Waals surface area contributed by atoms with Crippen LogP contribution in [0.2, 0.25) is 0 Å². The van der Waals surface area contributed by atoms with Crippen molar-refractivity contribution in [3.8, 4) is 5.75 Å². The highest BCUT2D eigenvalue weighted by Crippen LogP contribution is 2.52. The van der Waals surface area contributed by atoms with Gasteiger partial charge in [0.25, 0.3) is 5.91 Å². The van der Waals surface area contributed by atoms with E-state index in [0.717, 1.165) is 31.5 Å². The molecule has 1 fully saturated rings. The fourth-order valence-electron chi connectivity index (χ4n) is 5.68. The third-order valence-corrected chi connectivity index (χ3v) is 7.37. The summed E-state index contributed by atoms with van der Waals surface area (Å²) >= 11 is 0. The Morgan fingerprint density at radius 3 is 2.62 bits per heavy atom. The molecule has 1 spiro atoms. The van der Waals surface area contributed by atoms with Gasteiger partial charge >= 0.3 is 0 Å². The van der Waals surface area contributed by atoms with E-state index in [4.69, 9.17) is 13.9 Å². The van der Waals surface area contributed by atoms with Gasteiger partial charge in [-0.2, -0.15) is 0 Å². The quantitative estimate of drug-likeness (QED) is 0.584. The molecule has 1 aromatic heterocycles. The zero-order chi connectivity index (χ0) is 23.7. The second-order valence-corrected chi connectivity index (χ2v) is 9.06. The van der Waals surface area contributed by atoms with E-state index >= 15 is 0 Å². The number of amides is 1. The van der Waals surface area contributed by atoms with Gasteiger partial charge < -0.3 is 19.2 Å². The largest absolute Gasteiger partial charge is 0.497 e. The third kappa shape index (κ3) is 3.89. The molecule has 1 amide bonds. The number of nitrogens with zero attached hydrogens (tertiary/aromatic N) is 1. The average Bonchev–Trinajstić information content (AvgIpc) is 3.48. The number of fused-ring (bicyclic) bond motifs is 2. The van der Waals surface area contributed by atoms with Crippen molar-refractivity contribution in [1.82, 2.24) is 10.2 Å². The van der Waals surface area contributed by atoms with Gasteiger partial charge in [-0.3, -0.25) is 9.69 Å². The molecule has 5 rings (SSSR count). The van der Waals surface area contributed by atoms with Crippen molar-refractivity contribution < 1.29 is 23.1 Å². The molecule has 1 aliphatic carbocycles. The van der Waals surface area contributed by atoms with E-state index in [-0.39, 0.29) is 35.0 Å². The van der Waals surface area contributed by atoms with Crippen LogP contribution in [-0.4, -0.2) is 44.2 Å². The number of benzene rings is 2. The van der Waals surface area contributed by atoms with Crippen molar-refractivity contribution in [2.75, 3.05) is 27.3 Å². The summed E-state index contributed by atoms with van der Waals surface area (Å²) in [7, 11) is 3.25. The predicted molar refractivity (Wildman–Crippen MR) is 125 cm³/mol. The molecule has 2 aromatic carbocycles. The lowest BCUT2D eigenvalue weighted by molar-refractivity contribution is -0.0125. The van der Waals surface area contributed by atoms with Crippen LogP contribution in [0.3, 0.4) is 0 Å². The minimum Gasteiger partial charge on any atom is -0.497 e. The number of nitrogens with one attached hydrogen (secondary N) is 1. The van der Waals surface area contributed by atoms with Gasteiger partial charge in [0.1, 0.15) is 11.6 Å². The smallest absolute Gasteiger partial charge is 0.287 e. The van der Waals surface area contributed by atoms with Crippen LogP contribution in [0.25, 0.3) is 0 Å². The summed E-state index contributed by atoms with van der Waals surface area (Å²) < 4.78 is 31.0. The Balaban J connectivity index is 1.36. The van der Waals surface area contributed by atoms with E-state index in [1.165, 1.54) is 25.0 Å². The number of hydrogen-bond acceptors (Lipinski definition) is 5. The monoisotopic (exact) mass is 464 g/mol. The molecule has 178 valence electrons. The molecular weight excluding hydrogens is 435 g/mol. The lowest BCUT2D eigenvalue weighted by Crippen LogP contribution is -2.50. The highest BCUT2D eigenvalue weighted by atomic mass is 19.1. The highest BCUT2D eigenvalue weighted by Gasteiger charge is 2.54. The van der Waals surface area contributed by atoms with E-state index < -0.39 is 0 Å². The van der Waals surface area contributed by atoms with Gasteiger partial charge in [0.05, 0.1) is 25.5 Å². The van der Waals surface area contributed by atoms with Crippen LogP contribution in [0.15, 0.2) is 65.3 Å². The lowest BCUT2D eigenvalue weighted by Gasteiger charge is -2.44. The summed E-state index contributed by atoms with van der Waals surface area (Å²) in [6.07, 6.45) is 3.00. The number of carbonyl (C=O) groups is 1. The molecule has 2 heterocycles. The van der Waals surface area contributed by atoms with E-state index in [2.05, 4.69) is 22.3 Å². The first-order valence-corrected chi connectivity index (χ1v) is 11.6. The van der Waals surface area contributed by atoms with Crippen LogP contribution in [0.4, 0.5) is 4.39 Å². The first-order valence-electron chi connectivity index (χ1n) is 11.6. The molecule has 0 unspecified atom stereocenters. The Hall–Kier alpha value is -3.16. The van der Waals surface area contributed by atoms with Crippen molar-refractivity contribution in [1.29, 1.82) is 0 Å². The highest BCUT2D eigenvalue weighted by molar-refractivity contribution is 5.91. The van der Waals surface area contributed by atoms with Gasteiger partial charge in [-0.05, 0) is 55.3 Å². The molecule has 2 atom stereocenters. The van der Waals surface area contributed by atoms with Crippen LogP contribution in [-0.2, 0) is 16.7 Å². The Labute approximate surface area is 198 Å². The maximum absolute atomic E-state index is 14.5. The lowest BCUT2D eigenvalue weighted by atomic mass is 9.72. The summed E-state index contributed by atoms with van der Waals surface area (Å²) in [5.41, 5.74) is 2.75. The minimum absolute atomic E-state index is 0.205. The summed E-state index contributed by atoms with van der Waals surface area (Å²) in [6, 6.07) is 16.4. The number of carbonyl (C=O) groups excluding carboxylic acids is 1. The van der Waals surface area contributed by atoms with Crippen LogP contribution in [0.5, 0.6) is 5.75 Å². The van der Waals surface area contributed by atoms with Gasteiger partial charge in [-0.1, -0.05) is 30.3 Å². The molecule has 7 heteroatoms. The fraction of sp³-hybridized carbons (Fsp3) is 0.370. The van der Waals surface area contributed by atoms with Gasteiger partial charge in [-0.15, -0.1) is 0 Å². The number of hydrogen-bond donors (Lipinski definition) is 1. The molecule has 34 heavy (non-hydrogen) atoms. The molecule has 1 aliphatic heterocycles. The number of methoxy groups -OCH3 is 2. The summed E-state index contributed by atoms with van der Waals surface area (Å²) in [5.74, 6) is 0.300. The van der Waals surface area contributed by atoms with E-state index in [1.54, 1.807) is 31.4 Å². The first kappa shape index (κ1) is 22.6. The topological polar surface area (TPSA) is 63.9 Å².